The summed E-state index contributed by atoms with van der Waals surface area (Å²) in [6.07, 6.45) is -3.38. The quantitative estimate of drug-likeness (QED) is 0.130. The number of ether oxygens (including phenoxy) is 1. The fourth-order valence-electron chi connectivity index (χ4n) is 4.51. The van der Waals surface area contributed by atoms with E-state index in [-0.39, 0.29) is 22.2 Å². The molecule has 0 saturated carbocycles. The highest BCUT2D eigenvalue weighted by molar-refractivity contribution is 6.16. The molecule has 1 N–H and O–H groups in total. The van der Waals surface area contributed by atoms with Crippen molar-refractivity contribution in [3.63, 3.8) is 0 Å². The number of benzene rings is 4. The zero-order valence-corrected chi connectivity index (χ0v) is 21.3. The molecule has 5 aromatic rings. The molecule has 0 unspecified atom stereocenters. The van der Waals surface area contributed by atoms with E-state index in [9.17, 15) is 22.8 Å². The van der Waals surface area contributed by atoms with Gasteiger partial charge in [0.25, 0.3) is 0 Å². The monoisotopic (exact) mass is 540 g/mol. The number of alkyl halides is 3. The van der Waals surface area contributed by atoms with Crippen molar-refractivity contribution in [2.24, 2.45) is 0 Å². The van der Waals surface area contributed by atoms with Gasteiger partial charge in [0.1, 0.15) is 5.75 Å². The van der Waals surface area contributed by atoms with E-state index in [1.807, 2.05) is 18.2 Å². The van der Waals surface area contributed by atoms with Gasteiger partial charge in [-0.05, 0) is 41.5 Å². The van der Waals surface area contributed by atoms with Gasteiger partial charge in [0.15, 0.2) is 5.78 Å². The molecule has 4 aromatic carbocycles. The van der Waals surface area contributed by atoms with Crippen LogP contribution < -0.4 is 10.1 Å². The van der Waals surface area contributed by atoms with E-state index in [0.29, 0.717) is 34.7 Å². The van der Waals surface area contributed by atoms with E-state index in [4.69, 9.17) is 4.74 Å². The van der Waals surface area contributed by atoms with Crippen LogP contribution in [0.5, 0.6) is 5.75 Å². The van der Waals surface area contributed by atoms with Crippen molar-refractivity contribution < 1.29 is 27.5 Å². The van der Waals surface area contributed by atoms with Crippen LogP contribution in [0, 0.1) is 0 Å². The molecule has 0 fully saturated rings. The molecule has 1 heterocycles. The molecule has 0 atom stereocenters. The summed E-state index contributed by atoms with van der Waals surface area (Å²) in [4.78, 5) is 28.8. The summed E-state index contributed by atoms with van der Waals surface area (Å²) in [5, 5.41) is 3.54. The van der Waals surface area contributed by atoms with Gasteiger partial charge in [0.05, 0.1) is 11.1 Å². The Morgan fingerprint density at radius 1 is 0.875 bits per heavy atom. The van der Waals surface area contributed by atoms with Crippen LogP contribution in [-0.2, 0) is 17.5 Å². The first-order valence-electron chi connectivity index (χ1n) is 12.4. The highest BCUT2D eigenvalue weighted by Gasteiger charge is 2.34. The van der Waals surface area contributed by atoms with Crippen molar-refractivity contribution in [1.82, 2.24) is 4.98 Å². The summed E-state index contributed by atoms with van der Waals surface area (Å²) < 4.78 is 46.6. The van der Waals surface area contributed by atoms with Crippen molar-refractivity contribution in [3.8, 4) is 16.9 Å². The van der Waals surface area contributed by atoms with E-state index >= 15 is 0 Å². The Balaban J connectivity index is 1.56. The maximum absolute atomic E-state index is 13.8. The third kappa shape index (κ3) is 5.71. The van der Waals surface area contributed by atoms with Gasteiger partial charge < -0.3 is 10.1 Å². The number of fused-ring (bicyclic) bond motifs is 1. The molecule has 0 spiro atoms. The van der Waals surface area contributed by atoms with Gasteiger partial charge in [-0.2, -0.15) is 13.2 Å². The molecule has 1 aromatic heterocycles. The van der Waals surface area contributed by atoms with Gasteiger partial charge in [-0.25, -0.2) is 0 Å². The van der Waals surface area contributed by atoms with Gasteiger partial charge in [-0.15, -0.1) is 0 Å². The molecule has 8 heteroatoms. The highest BCUT2D eigenvalue weighted by atomic mass is 19.4. The van der Waals surface area contributed by atoms with Crippen LogP contribution in [0.2, 0.25) is 0 Å². The van der Waals surface area contributed by atoms with Crippen LogP contribution in [0.3, 0.4) is 0 Å². The third-order valence-electron chi connectivity index (χ3n) is 6.32. The maximum atomic E-state index is 13.8. The Bertz CT molecular complexity index is 1700. The molecule has 0 amide bonds. The lowest BCUT2D eigenvalue weighted by Crippen LogP contribution is -2.09. The molecule has 0 aliphatic rings. The van der Waals surface area contributed by atoms with E-state index in [1.165, 1.54) is 19.2 Å². The smallest absolute Gasteiger partial charge is 0.418 e. The van der Waals surface area contributed by atoms with Crippen LogP contribution in [-0.4, -0.2) is 16.7 Å². The number of carbonyl (C=O) groups excluding carboxylic acids is 2. The van der Waals surface area contributed by atoms with E-state index in [2.05, 4.69) is 10.3 Å². The molecule has 200 valence electrons. The van der Waals surface area contributed by atoms with Gasteiger partial charge in [0.2, 0.25) is 0 Å². The minimum absolute atomic E-state index is 0.205. The van der Waals surface area contributed by atoms with E-state index < -0.39 is 17.7 Å². The standard InChI is InChI=1S/C32H23F3N2O3/c1-20(38)40-25-15-13-21(14-16-25)18-36-24-10-5-9-23(17-24)29-26-11-6-12-28(32(33,34)35)30(26)37-19-27(29)31(39)22-7-3-2-4-8-22/h2-17,19,36H,18H2,1H3. The molecular formula is C32H23F3N2O3. The molecular weight excluding hydrogens is 517 g/mol. The summed E-state index contributed by atoms with van der Waals surface area (Å²) in [5.41, 5.74) is 2.10. The Kier molecular flexibility index (Phi) is 7.33. The summed E-state index contributed by atoms with van der Waals surface area (Å²) in [7, 11) is 0. The number of aromatic nitrogens is 1. The Morgan fingerprint density at radius 3 is 2.30 bits per heavy atom. The van der Waals surface area contributed by atoms with Gasteiger partial charge in [0, 0.05) is 47.4 Å². The number of nitrogens with one attached hydrogen (secondary N) is 1. The second-order valence-corrected chi connectivity index (χ2v) is 9.11. The van der Waals surface area contributed by atoms with Crippen molar-refractivity contribution in [2.45, 2.75) is 19.6 Å². The number of halogens is 3. The fourth-order valence-corrected chi connectivity index (χ4v) is 4.51. The second kappa shape index (κ2) is 11.0. The first-order valence-corrected chi connectivity index (χ1v) is 12.4. The minimum Gasteiger partial charge on any atom is -0.427 e. The number of para-hydroxylation sites is 1. The van der Waals surface area contributed by atoms with Gasteiger partial charge >= 0.3 is 12.1 Å². The summed E-state index contributed by atoms with van der Waals surface area (Å²) in [6, 6.07) is 26.6. The van der Waals surface area contributed by atoms with Crippen molar-refractivity contribution in [3.05, 3.63) is 126 Å². The lowest BCUT2D eigenvalue weighted by Gasteiger charge is -2.16. The summed E-state index contributed by atoms with van der Waals surface area (Å²) >= 11 is 0. The minimum atomic E-state index is -4.61. The van der Waals surface area contributed by atoms with E-state index in [1.54, 1.807) is 66.7 Å². The first kappa shape index (κ1) is 26.6. The largest absolute Gasteiger partial charge is 0.427 e. The number of pyridine rings is 1. The van der Waals surface area contributed by atoms with E-state index in [0.717, 1.165) is 11.6 Å². The second-order valence-electron chi connectivity index (χ2n) is 9.11. The molecule has 5 rings (SSSR count). The number of anilines is 1. The van der Waals surface area contributed by atoms with Crippen LogP contribution in [0.4, 0.5) is 18.9 Å². The number of hydrogen-bond donors (Lipinski definition) is 1. The molecule has 5 nitrogen and oxygen atoms in total. The molecule has 0 aliphatic heterocycles. The molecule has 0 aliphatic carbocycles. The predicted molar refractivity (Wildman–Crippen MR) is 147 cm³/mol. The van der Waals surface area contributed by atoms with Crippen molar-refractivity contribution in [2.75, 3.05) is 5.32 Å². The topological polar surface area (TPSA) is 68.3 Å². The predicted octanol–water partition coefficient (Wildman–Crippen LogP) is 7.69. The Hall–Kier alpha value is -4.98. The third-order valence-corrected chi connectivity index (χ3v) is 6.32. The van der Waals surface area contributed by atoms with Crippen molar-refractivity contribution >= 4 is 28.3 Å². The highest BCUT2D eigenvalue weighted by Crippen LogP contribution is 2.39. The number of hydrogen-bond acceptors (Lipinski definition) is 5. The van der Waals surface area contributed by atoms with Crippen LogP contribution in [0.25, 0.3) is 22.0 Å². The van der Waals surface area contributed by atoms with Crippen molar-refractivity contribution in [1.29, 1.82) is 0 Å². The SMILES string of the molecule is CC(=O)Oc1ccc(CNc2cccc(-c3c(C(=O)c4ccccc4)cnc4c(C(F)(F)F)cccc34)c2)cc1. The number of carbonyl (C=O) groups is 2. The zero-order chi connectivity index (χ0) is 28.3. The Labute approximate surface area is 228 Å². The molecule has 0 bridgehead atoms. The average molecular weight is 541 g/mol. The number of ketones is 1. The van der Waals surface area contributed by atoms with Gasteiger partial charge in [-0.3, -0.25) is 14.6 Å². The summed E-state index contributed by atoms with van der Waals surface area (Å²) in [6.45, 7) is 1.77. The molecule has 40 heavy (non-hydrogen) atoms. The Morgan fingerprint density at radius 2 is 1.60 bits per heavy atom. The molecule has 0 saturated heterocycles. The van der Waals surface area contributed by atoms with Crippen LogP contribution in [0.15, 0.2) is 103 Å². The number of rotatable bonds is 7. The first-order chi connectivity index (χ1) is 19.2. The van der Waals surface area contributed by atoms with Crippen LogP contribution >= 0.6 is 0 Å². The molecule has 0 radical (unpaired) electrons. The van der Waals surface area contributed by atoms with Gasteiger partial charge in [-0.1, -0.05) is 66.7 Å². The normalized spacial score (nSPS) is 11.3. The maximum Gasteiger partial charge on any atom is 0.418 e. The lowest BCUT2D eigenvalue weighted by molar-refractivity contribution is -0.136. The zero-order valence-electron chi connectivity index (χ0n) is 21.3. The number of nitrogens with zero attached hydrogens (tertiary/aromatic N) is 1. The number of esters is 1. The lowest BCUT2D eigenvalue weighted by atomic mass is 9.91. The fraction of sp³-hybridized carbons (Fsp3) is 0.0938. The summed E-state index contributed by atoms with van der Waals surface area (Å²) in [5.74, 6) is -0.302. The van der Waals surface area contributed by atoms with Crippen LogP contribution in [0.1, 0.15) is 34.0 Å². The average Bonchev–Trinajstić information content (AvgIpc) is 2.95.